The summed E-state index contributed by atoms with van der Waals surface area (Å²) in [5, 5.41) is 17.2. The highest BCUT2D eigenvalue weighted by molar-refractivity contribution is 4.59. The molecule has 0 bridgehead atoms. The Morgan fingerprint density at radius 3 is 2.56 bits per heavy atom. The van der Waals surface area contributed by atoms with Crippen LogP contribution in [0, 0.1) is 0 Å². The van der Waals surface area contributed by atoms with E-state index in [2.05, 4.69) is 0 Å². The molecule has 0 aliphatic carbocycles. The summed E-state index contributed by atoms with van der Waals surface area (Å²) >= 11 is 0. The van der Waals surface area contributed by atoms with Crippen LogP contribution in [-0.4, -0.2) is 42.4 Å². The summed E-state index contributed by atoms with van der Waals surface area (Å²) in [6.45, 7) is 0.385. The van der Waals surface area contributed by atoms with Crippen molar-refractivity contribution in [2.24, 2.45) is 0 Å². The van der Waals surface area contributed by atoms with E-state index in [0.29, 0.717) is 0 Å². The smallest absolute Gasteiger partial charge is 0.178 e. The van der Waals surface area contributed by atoms with E-state index >= 15 is 0 Å². The van der Waals surface area contributed by atoms with Crippen molar-refractivity contribution in [1.29, 1.82) is 0 Å². The number of aliphatic hydroxyl groups excluding tert-OH is 2. The van der Waals surface area contributed by atoms with Crippen LogP contribution in [0.1, 0.15) is 0 Å². The number of hydrogen-bond donors (Lipinski definition) is 2. The monoisotopic (exact) mass is 134 g/mol. The second-order valence-electron chi connectivity index (χ2n) is 1.93. The van der Waals surface area contributed by atoms with Gasteiger partial charge in [0.1, 0.15) is 6.10 Å². The second-order valence-corrected chi connectivity index (χ2v) is 1.93. The number of hydrogen-bond acceptors (Lipinski definition) is 4. The molecule has 4 heteroatoms. The lowest BCUT2D eigenvalue weighted by molar-refractivity contribution is -0.217. The fraction of sp³-hybridized carbons (Fsp3) is 1.00. The summed E-state index contributed by atoms with van der Waals surface area (Å²) in [6.07, 6.45) is -1.07. The van der Waals surface area contributed by atoms with Crippen LogP contribution in [0.3, 0.4) is 0 Å². The molecule has 0 saturated carbocycles. The maximum atomic E-state index is 8.69. The summed E-state index contributed by atoms with van der Waals surface area (Å²) in [4.78, 5) is 0. The molecule has 1 aliphatic heterocycles. The second kappa shape index (κ2) is 3.12. The van der Waals surface area contributed by atoms with Crippen molar-refractivity contribution in [3.05, 3.63) is 0 Å². The van der Waals surface area contributed by atoms with Crippen LogP contribution in [-0.2, 0) is 9.47 Å². The quantitative estimate of drug-likeness (QED) is 0.468. The van der Waals surface area contributed by atoms with Crippen LogP contribution < -0.4 is 0 Å². The molecule has 2 N–H and O–H groups in total. The first-order valence-electron chi connectivity index (χ1n) is 2.85. The summed E-state index contributed by atoms with van der Waals surface area (Å²) in [6, 6.07) is 0. The summed E-state index contributed by atoms with van der Waals surface area (Å²) in [5.74, 6) is 0. The van der Waals surface area contributed by atoms with E-state index in [-0.39, 0.29) is 25.9 Å². The van der Waals surface area contributed by atoms with E-state index < -0.39 is 6.29 Å². The number of aliphatic hydroxyl groups is 2. The Balaban J connectivity index is 2.18. The first-order valence-corrected chi connectivity index (χ1v) is 2.85. The van der Waals surface area contributed by atoms with Gasteiger partial charge in [0.05, 0.1) is 19.8 Å². The molecule has 9 heavy (non-hydrogen) atoms. The van der Waals surface area contributed by atoms with Gasteiger partial charge in [-0.2, -0.15) is 0 Å². The highest BCUT2D eigenvalue weighted by atomic mass is 16.7. The van der Waals surface area contributed by atoms with Gasteiger partial charge in [-0.05, 0) is 0 Å². The predicted octanol–water partition coefficient (Wildman–Crippen LogP) is -1.29. The van der Waals surface area contributed by atoms with Crippen LogP contribution in [0.5, 0.6) is 0 Å². The van der Waals surface area contributed by atoms with Crippen molar-refractivity contribution in [1.82, 2.24) is 0 Å². The van der Waals surface area contributed by atoms with Gasteiger partial charge in [-0.3, -0.25) is 0 Å². The molecule has 54 valence electrons. The summed E-state index contributed by atoms with van der Waals surface area (Å²) < 4.78 is 9.67. The highest BCUT2D eigenvalue weighted by Gasteiger charge is 2.18. The van der Waals surface area contributed by atoms with Crippen LogP contribution >= 0.6 is 0 Å². The fourth-order valence-corrected chi connectivity index (χ4v) is 0.638. The van der Waals surface area contributed by atoms with Gasteiger partial charge in [-0.25, -0.2) is 0 Å². The third-order valence-corrected chi connectivity index (χ3v) is 1.15. The normalized spacial score (nSPS) is 36.7. The van der Waals surface area contributed by atoms with E-state index in [1.54, 1.807) is 0 Å². The third kappa shape index (κ3) is 1.91. The van der Waals surface area contributed by atoms with E-state index in [1.807, 2.05) is 0 Å². The SMILES string of the molecule is OCC1COC(O)CO1. The van der Waals surface area contributed by atoms with E-state index in [9.17, 15) is 0 Å². The highest BCUT2D eigenvalue weighted by Crippen LogP contribution is 2.03. The molecule has 1 aliphatic rings. The number of rotatable bonds is 1. The average molecular weight is 134 g/mol. The zero-order valence-corrected chi connectivity index (χ0v) is 4.99. The zero-order valence-electron chi connectivity index (χ0n) is 4.99. The molecule has 1 saturated heterocycles. The van der Waals surface area contributed by atoms with Gasteiger partial charge in [0.2, 0.25) is 0 Å². The summed E-state index contributed by atoms with van der Waals surface area (Å²) in [7, 11) is 0. The van der Waals surface area contributed by atoms with Crippen LogP contribution in [0.25, 0.3) is 0 Å². The molecule has 0 aromatic carbocycles. The minimum atomic E-state index is -0.812. The first-order chi connectivity index (χ1) is 4.33. The van der Waals surface area contributed by atoms with Crippen molar-refractivity contribution in [2.75, 3.05) is 19.8 Å². The van der Waals surface area contributed by atoms with E-state index in [0.717, 1.165) is 0 Å². The van der Waals surface area contributed by atoms with Gasteiger partial charge in [0, 0.05) is 0 Å². The standard InChI is InChI=1S/C5H10O4/c6-1-4-2-9-5(7)3-8-4/h4-7H,1-3H2. The van der Waals surface area contributed by atoms with Gasteiger partial charge >= 0.3 is 0 Å². The molecule has 1 rings (SSSR count). The molecule has 2 unspecified atom stereocenters. The fourth-order valence-electron chi connectivity index (χ4n) is 0.638. The molecular formula is C5H10O4. The molecular weight excluding hydrogens is 124 g/mol. The van der Waals surface area contributed by atoms with Gasteiger partial charge in [-0.1, -0.05) is 0 Å². The first kappa shape index (κ1) is 6.95. The molecule has 0 aromatic heterocycles. The third-order valence-electron chi connectivity index (χ3n) is 1.15. The minimum Gasteiger partial charge on any atom is -0.394 e. The van der Waals surface area contributed by atoms with Crippen molar-refractivity contribution in [2.45, 2.75) is 12.4 Å². The van der Waals surface area contributed by atoms with Crippen molar-refractivity contribution >= 4 is 0 Å². The Bertz CT molecular complexity index is 77.0. The van der Waals surface area contributed by atoms with Gasteiger partial charge in [0.25, 0.3) is 0 Å². The largest absolute Gasteiger partial charge is 0.394 e. The Morgan fingerprint density at radius 2 is 2.11 bits per heavy atom. The van der Waals surface area contributed by atoms with Crippen molar-refractivity contribution in [3.63, 3.8) is 0 Å². The Hall–Kier alpha value is -0.160. The topological polar surface area (TPSA) is 58.9 Å². The molecule has 4 nitrogen and oxygen atoms in total. The van der Waals surface area contributed by atoms with E-state index in [4.69, 9.17) is 19.7 Å². The lowest BCUT2D eigenvalue weighted by atomic mass is 10.4. The minimum absolute atomic E-state index is 0.0489. The predicted molar refractivity (Wildman–Crippen MR) is 28.8 cm³/mol. The maximum absolute atomic E-state index is 8.69. The van der Waals surface area contributed by atoms with Gasteiger partial charge in [0.15, 0.2) is 6.29 Å². The summed E-state index contributed by atoms with van der Waals surface area (Å²) in [5.41, 5.74) is 0. The van der Waals surface area contributed by atoms with Gasteiger partial charge in [-0.15, -0.1) is 0 Å². The Kier molecular flexibility index (Phi) is 2.41. The lowest BCUT2D eigenvalue weighted by Gasteiger charge is -2.24. The van der Waals surface area contributed by atoms with Gasteiger partial charge < -0.3 is 19.7 Å². The van der Waals surface area contributed by atoms with Crippen LogP contribution in [0.4, 0.5) is 0 Å². The van der Waals surface area contributed by atoms with Crippen molar-refractivity contribution in [3.8, 4) is 0 Å². The van der Waals surface area contributed by atoms with E-state index in [1.165, 1.54) is 0 Å². The number of ether oxygens (including phenoxy) is 2. The van der Waals surface area contributed by atoms with Crippen molar-refractivity contribution < 1.29 is 19.7 Å². The maximum Gasteiger partial charge on any atom is 0.178 e. The Morgan fingerprint density at radius 1 is 1.33 bits per heavy atom. The molecule has 1 heterocycles. The van der Waals surface area contributed by atoms with Crippen LogP contribution in [0.2, 0.25) is 0 Å². The molecule has 0 spiro atoms. The molecule has 2 atom stereocenters. The Labute approximate surface area is 53.0 Å². The van der Waals surface area contributed by atoms with Crippen LogP contribution in [0.15, 0.2) is 0 Å². The molecule has 0 amide bonds. The zero-order chi connectivity index (χ0) is 6.69. The molecule has 0 aromatic rings. The molecule has 1 fully saturated rings. The molecule has 0 radical (unpaired) electrons. The lowest BCUT2D eigenvalue weighted by Crippen LogP contribution is -2.37. The average Bonchev–Trinajstić information content (AvgIpc) is 1.90.